The molecule has 2 aliphatic heterocycles. The van der Waals surface area contributed by atoms with Gasteiger partial charge in [0.05, 0.1) is 18.7 Å². The molecule has 1 atom stereocenters. The van der Waals surface area contributed by atoms with Gasteiger partial charge in [-0.1, -0.05) is 86.8 Å². The van der Waals surface area contributed by atoms with Crippen LogP contribution in [0.5, 0.6) is 5.75 Å². The zero-order valence-electron chi connectivity index (χ0n) is 23.0. The van der Waals surface area contributed by atoms with E-state index in [0.29, 0.717) is 12.3 Å². The van der Waals surface area contributed by atoms with Crippen LogP contribution in [0.2, 0.25) is 0 Å². The second kappa shape index (κ2) is 13.0. The van der Waals surface area contributed by atoms with Gasteiger partial charge < -0.3 is 14.5 Å². The predicted molar refractivity (Wildman–Crippen MR) is 153 cm³/mol. The molecule has 2 saturated heterocycles. The summed E-state index contributed by atoms with van der Waals surface area (Å²) in [5.41, 5.74) is 3.27. The van der Waals surface area contributed by atoms with Crippen LogP contribution in [0.4, 0.5) is 5.69 Å². The van der Waals surface area contributed by atoms with Gasteiger partial charge in [-0.25, -0.2) is 4.90 Å². The van der Waals surface area contributed by atoms with Gasteiger partial charge in [0.25, 0.3) is 5.91 Å². The summed E-state index contributed by atoms with van der Waals surface area (Å²) in [6, 6.07) is 28.8. The smallest absolute Gasteiger partial charge is 0.292 e. The van der Waals surface area contributed by atoms with Gasteiger partial charge in [-0.2, -0.15) is 0 Å². The number of carbonyl (C=O) groups is 2. The lowest BCUT2D eigenvalue weighted by Gasteiger charge is -2.36. The minimum Gasteiger partial charge on any atom is -0.494 e. The molecule has 2 amide bonds. The Labute approximate surface area is 232 Å². The fourth-order valence-electron chi connectivity index (χ4n) is 6.12. The third-order valence-corrected chi connectivity index (χ3v) is 8.21. The van der Waals surface area contributed by atoms with Gasteiger partial charge >= 0.3 is 0 Å². The largest absolute Gasteiger partial charge is 0.494 e. The molecule has 0 radical (unpaired) electrons. The number of quaternary nitrogens is 2. The number of rotatable bonds is 11. The standard InChI is InChI=1S/C33H39N3O3/c1-2-3-4-11-24-39-29-18-16-28(17-19-29)36-31(37)25-30(33(36)38)34-20-22-35(23-21-34)32(26-12-7-5-8-13-26)27-14-9-6-10-15-27/h5-10,12-19,30,32H,2-4,11,20-25H2,1H3/p+2/t30-/m1/s1. The third-order valence-electron chi connectivity index (χ3n) is 8.21. The predicted octanol–water partition coefficient (Wildman–Crippen LogP) is 2.85. The Morgan fingerprint density at radius 3 is 2.00 bits per heavy atom. The van der Waals surface area contributed by atoms with Gasteiger partial charge in [0.15, 0.2) is 6.04 Å². The average molecular weight is 528 g/mol. The first kappa shape index (κ1) is 27.1. The summed E-state index contributed by atoms with van der Waals surface area (Å²) in [4.78, 5) is 30.6. The van der Waals surface area contributed by atoms with Crippen LogP contribution in [0, 0.1) is 0 Å². The number of benzene rings is 3. The van der Waals surface area contributed by atoms with Crippen molar-refractivity contribution in [3.05, 3.63) is 96.1 Å². The number of hydrogen-bond donors (Lipinski definition) is 2. The van der Waals surface area contributed by atoms with Crippen LogP contribution < -0.4 is 19.4 Å². The van der Waals surface area contributed by atoms with Crippen molar-refractivity contribution in [3.8, 4) is 5.75 Å². The maximum absolute atomic E-state index is 13.5. The van der Waals surface area contributed by atoms with Crippen molar-refractivity contribution < 1.29 is 24.1 Å². The molecule has 3 aromatic carbocycles. The van der Waals surface area contributed by atoms with E-state index in [1.807, 2.05) is 24.3 Å². The molecule has 0 aliphatic carbocycles. The second-order valence-corrected chi connectivity index (χ2v) is 10.8. The molecular weight excluding hydrogens is 486 g/mol. The first-order valence-electron chi connectivity index (χ1n) is 14.5. The van der Waals surface area contributed by atoms with Crippen LogP contribution in [-0.4, -0.2) is 50.6 Å². The summed E-state index contributed by atoms with van der Waals surface area (Å²) in [6.07, 6.45) is 4.91. The number of piperazine rings is 1. The highest BCUT2D eigenvalue weighted by molar-refractivity contribution is 6.21. The molecule has 6 heteroatoms. The quantitative estimate of drug-likeness (QED) is 0.298. The van der Waals surface area contributed by atoms with E-state index in [-0.39, 0.29) is 30.3 Å². The Hall–Kier alpha value is -3.48. The fraction of sp³-hybridized carbons (Fsp3) is 0.394. The van der Waals surface area contributed by atoms with Crippen molar-refractivity contribution in [3.63, 3.8) is 0 Å². The van der Waals surface area contributed by atoms with Crippen LogP contribution in [0.1, 0.15) is 56.2 Å². The van der Waals surface area contributed by atoms with Crippen molar-refractivity contribution in [2.75, 3.05) is 37.7 Å². The van der Waals surface area contributed by atoms with Crippen molar-refractivity contribution in [2.24, 2.45) is 0 Å². The zero-order chi connectivity index (χ0) is 27.0. The highest BCUT2D eigenvalue weighted by Crippen LogP contribution is 2.25. The molecule has 0 spiro atoms. The molecule has 204 valence electrons. The Balaban J connectivity index is 1.20. The number of unbranched alkanes of at least 4 members (excludes halogenated alkanes) is 3. The molecule has 39 heavy (non-hydrogen) atoms. The minimum atomic E-state index is -0.305. The lowest BCUT2D eigenvalue weighted by atomic mass is 9.96. The van der Waals surface area contributed by atoms with Crippen LogP contribution in [-0.2, 0) is 9.59 Å². The number of amides is 2. The van der Waals surface area contributed by atoms with Crippen LogP contribution in [0.25, 0.3) is 0 Å². The lowest BCUT2D eigenvalue weighted by molar-refractivity contribution is -1.03. The summed E-state index contributed by atoms with van der Waals surface area (Å²) >= 11 is 0. The van der Waals surface area contributed by atoms with E-state index in [9.17, 15) is 9.59 Å². The lowest BCUT2D eigenvalue weighted by Crippen LogP contribution is -3.30. The summed E-state index contributed by atoms with van der Waals surface area (Å²) < 4.78 is 5.84. The van der Waals surface area contributed by atoms with E-state index >= 15 is 0 Å². The van der Waals surface area contributed by atoms with E-state index in [0.717, 1.165) is 38.3 Å². The fourth-order valence-corrected chi connectivity index (χ4v) is 6.12. The molecule has 0 saturated carbocycles. The Bertz CT molecular complexity index is 1170. The van der Waals surface area contributed by atoms with Crippen molar-refractivity contribution in [1.29, 1.82) is 0 Å². The molecule has 2 aliphatic rings. The molecule has 0 bridgehead atoms. The van der Waals surface area contributed by atoms with Gasteiger partial charge in [-0.3, -0.25) is 9.59 Å². The van der Waals surface area contributed by atoms with E-state index in [4.69, 9.17) is 4.74 Å². The molecule has 3 aromatic rings. The minimum absolute atomic E-state index is 0.0747. The Morgan fingerprint density at radius 1 is 0.795 bits per heavy atom. The number of imide groups is 1. The molecule has 5 rings (SSSR count). The normalized spacial score (nSPS) is 21.5. The van der Waals surface area contributed by atoms with Crippen LogP contribution >= 0.6 is 0 Å². The SMILES string of the molecule is CCCCCCOc1ccc(N2C(=O)C[C@@H]([NH+]3CC[NH+](C(c4ccccc4)c4ccccc4)CC3)C2=O)cc1. The topological polar surface area (TPSA) is 55.5 Å². The van der Waals surface area contributed by atoms with Crippen molar-refractivity contribution in [1.82, 2.24) is 0 Å². The van der Waals surface area contributed by atoms with Gasteiger partial charge in [0.2, 0.25) is 5.91 Å². The van der Waals surface area contributed by atoms with Gasteiger partial charge in [0.1, 0.15) is 38.0 Å². The van der Waals surface area contributed by atoms with Crippen molar-refractivity contribution >= 4 is 17.5 Å². The molecule has 0 aromatic heterocycles. The third kappa shape index (κ3) is 6.40. The molecule has 2 N–H and O–H groups in total. The molecular formula is C33H41N3O3+2. The second-order valence-electron chi connectivity index (χ2n) is 10.8. The zero-order valence-corrected chi connectivity index (χ0v) is 23.0. The Morgan fingerprint density at radius 2 is 1.41 bits per heavy atom. The summed E-state index contributed by atoms with van der Waals surface area (Å²) in [7, 11) is 0. The number of nitrogens with zero attached hydrogens (tertiary/aromatic N) is 1. The number of hydrogen-bond acceptors (Lipinski definition) is 3. The maximum Gasteiger partial charge on any atom is 0.292 e. The molecule has 0 unspecified atom stereocenters. The summed E-state index contributed by atoms with van der Waals surface area (Å²) in [5.74, 6) is 0.600. The molecule has 2 fully saturated rings. The number of nitrogens with one attached hydrogen (secondary N) is 2. The van der Waals surface area contributed by atoms with Crippen LogP contribution in [0.15, 0.2) is 84.9 Å². The highest BCUT2D eigenvalue weighted by Gasteiger charge is 2.47. The van der Waals surface area contributed by atoms with E-state index in [1.54, 1.807) is 0 Å². The first-order chi connectivity index (χ1) is 19.2. The van der Waals surface area contributed by atoms with Gasteiger partial charge in [-0.05, 0) is 30.7 Å². The molecule has 2 heterocycles. The van der Waals surface area contributed by atoms with Crippen LogP contribution in [0.3, 0.4) is 0 Å². The van der Waals surface area contributed by atoms with E-state index in [2.05, 4.69) is 67.6 Å². The number of carbonyl (C=O) groups excluding carboxylic acids is 2. The summed E-state index contributed by atoms with van der Waals surface area (Å²) in [6.45, 7) is 6.52. The Kier molecular flexibility index (Phi) is 9.07. The van der Waals surface area contributed by atoms with Crippen molar-refractivity contribution in [2.45, 2.75) is 51.1 Å². The maximum atomic E-state index is 13.5. The average Bonchev–Trinajstić information content (AvgIpc) is 3.28. The number of anilines is 1. The van der Waals surface area contributed by atoms with E-state index in [1.165, 1.54) is 45.1 Å². The monoisotopic (exact) mass is 527 g/mol. The van der Waals surface area contributed by atoms with E-state index < -0.39 is 0 Å². The number of ether oxygens (including phenoxy) is 1. The summed E-state index contributed by atoms with van der Waals surface area (Å²) in [5, 5.41) is 0. The van der Waals surface area contributed by atoms with Gasteiger partial charge in [-0.15, -0.1) is 0 Å². The van der Waals surface area contributed by atoms with Gasteiger partial charge in [0, 0.05) is 11.1 Å². The molecule has 6 nitrogen and oxygen atoms in total. The first-order valence-corrected chi connectivity index (χ1v) is 14.5. The highest BCUT2D eigenvalue weighted by atomic mass is 16.5.